The van der Waals surface area contributed by atoms with Crippen molar-refractivity contribution >= 4 is 0 Å². The molecule has 0 atom stereocenters. The number of hydrogen-bond donors (Lipinski definition) is 0. The van der Waals surface area contributed by atoms with Crippen LogP contribution in [0.3, 0.4) is 0 Å². The summed E-state index contributed by atoms with van der Waals surface area (Å²) >= 11 is 0. The Labute approximate surface area is 53.0 Å². The predicted octanol–water partition coefficient (Wildman–Crippen LogP) is 1.12. The molecule has 0 radical (unpaired) electrons. The lowest BCUT2D eigenvalue weighted by molar-refractivity contribution is 0.102. The fraction of sp³-hybridized carbons (Fsp3) is 0.667. The van der Waals surface area contributed by atoms with Gasteiger partial charge in [-0.25, -0.2) is 8.78 Å². The molecule has 0 aliphatic carbocycles. The molecule has 1 aliphatic heterocycles. The second-order valence-corrected chi connectivity index (χ2v) is 2.08. The molecular weight excluding hydrogens is 124 g/mol. The molecule has 0 unspecified atom stereocenters. The summed E-state index contributed by atoms with van der Waals surface area (Å²) in [5.41, 5.74) is 0. The molecule has 1 rings (SSSR count). The lowest BCUT2D eigenvalue weighted by Gasteiger charge is -2.12. The number of hydrogen-bond acceptors (Lipinski definition) is 1. The summed E-state index contributed by atoms with van der Waals surface area (Å²) in [5.74, 6) is 0. The average Bonchev–Trinajstić information content (AvgIpc) is 2.15. The highest BCUT2D eigenvalue weighted by molar-refractivity contribution is 4.95. The maximum atomic E-state index is 11.6. The minimum atomic E-state index is -2.19. The van der Waals surface area contributed by atoms with E-state index in [1.165, 1.54) is 0 Å². The van der Waals surface area contributed by atoms with E-state index in [1.54, 1.807) is 4.90 Å². The second kappa shape index (κ2) is 2.92. The molecule has 0 aromatic heterocycles. The van der Waals surface area contributed by atoms with Crippen LogP contribution in [-0.2, 0) is 0 Å². The Morgan fingerprint density at radius 2 is 1.89 bits per heavy atom. The summed E-state index contributed by atoms with van der Waals surface area (Å²) in [4.78, 5) is 1.70. The van der Waals surface area contributed by atoms with E-state index in [4.69, 9.17) is 0 Å². The summed E-state index contributed by atoms with van der Waals surface area (Å²) in [7, 11) is 0. The standard InChI is InChI=1S/C6H9F2N/c7-6(8)5-9-3-1-2-4-9/h1-2,6H,3-5H2. The predicted molar refractivity (Wildman–Crippen MR) is 31.6 cm³/mol. The van der Waals surface area contributed by atoms with E-state index in [2.05, 4.69) is 0 Å². The fourth-order valence-corrected chi connectivity index (χ4v) is 0.866. The lowest BCUT2D eigenvalue weighted by atomic mass is 10.5. The Kier molecular flexibility index (Phi) is 2.16. The van der Waals surface area contributed by atoms with Crippen LogP contribution < -0.4 is 0 Å². The van der Waals surface area contributed by atoms with E-state index in [9.17, 15) is 8.78 Å². The second-order valence-electron chi connectivity index (χ2n) is 2.08. The van der Waals surface area contributed by atoms with Gasteiger partial charge in [0, 0.05) is 13.1 Å². The van der Waals surface area contributed by atoms with E-state index in [1.807, 2.05) is 12.2 Å². The molecule has 52 valence electrons. The third-order valence-electron chi connectivity index (χ3n) is 1.29. The molecule has 3 heteroatoms. The third kappa shape index (κ3) is 2.10. The third-order valence-corrected chi connectivity index (χ3v) is 1.29. The van der Waals surface area contributed by atoms with Crippen LogP contribution in [0.25, 0.3) is 0 Å². The molecule has 0 saturated carbocycles. The first-order valence-electron chi connectivity index (χ1n) is 2.94. The van der Waals surface area contributed by atoms with Crippen molar-refractivity contribution in [3.63, 3.8) is 0 Å². The SMILES string of the molecule is FC(F)CN1CC=CC1. The molecule has 0 bridgehead atoms. The zero-order chi connectivity index (χ0) is 6.69. The van der Waals surface area contributed by atoms with E-state index < -0.39 is 6.43 Å². The van der Waals surface area contributed by atoms with Crippen LogP contribution in [0.4, 0.5) is 8.78 Å². The van der Waals surface area contributed by atoms with Crippen molar-refractivity contribution in [3.05, 3.63) is 12.2 Å². The van der Waals surface area contributed by atoms with Crippen LogP contribution >= 0.6 is 0 Å². The van der Waals surface area contributed by atoms with Gasteiger partial charge in [0.2, 0.25) is 0 Å². The van der Waals surface area contributed by atoms with Crippen LogP contribution in [0.1, 0.15) is 0 Å². The molecule has 1 aliphatic rings. The highest BCUT2D eigenvalue weighted by atomic mass is 19.3. The van der Waals surface area contributed by atoms with Crippen molar-refractivity contribution in [1.82, 2.24) is 4.90 Å². The van der Waals surface area contributed by atoms with Crippen molar-refractivity contribution in [2.24, 2.45) is 0 Å². The van der Waals surface area contributed by atoms with Crippen LogP contribution in [0, 0.1) is 0 Å². The largest absolute Gasteiger partial charge is 0.290 e. The molecular formula is C6H9F2N. The normalized spacial score (nSPS) is 19.9. The zero-order valence-electron chi connectivity index (χ0n) is 5.06. The minimum absolute atomic E-state index is 0.0903. The van der Waals surface area contributed by atoms with Gasteiger partial charge in [0.15, 0.2) is 0 Å². The first-order chi connectivity index (χ1) is 4.29. The van der Waals surface area contributed by atoms with Crippen molar-refractivity contribution in [3.8, 4) is 0 Å². The number of nitrogens with zero attached hydrogens (tertiary/aromatic N) is 1. The van der Waals surface area contributed by atoms with Gasteiger partial charge in [-0.05, 0) is 0 Å². The Bertz CT molecular complexity index is 104. The molecule has 9 heavy (non-hydrogen) atoms. The van der Waals surface area contributed by atoms with Crippen molar-refractivity contribution in [1.29, 1.82) is 0 Å². The van der Waals surface area contributed by atoms with Gasteiger partial charge in [-0.1, -0.05) is 12.2 Å². The highest BCUT2D eigenvalue weighted by Crippen LogP contribution is 2.02. The van der Waals surface area contributed by atoms with Crippen molar-refractivity contribution in [2.45, 2.75) is 6.43 Å². The smallest absolute Gasteiger partial charge is 0.251 e. The molecule has 0 aromatic carbocycles. The van der Waals surface area contributed by atoms with E-state index in [0.29, 0.717) is 13.1 Å². The van der Waals surface area contributed by atoms with Gasteiger partial charge in [-0.3, -0.25) is 4.90 Å². The van der Waals surface area contributed by atoms with Gasteiger partial charge in [-0.15, -0.1) is 0 Å². The summed E-state index contributed by atoms with van der Waals surface area (Å²) in [6.07, 6.45) is 1.62. The summed E-state index contributed by atoms with van der Waals surface area (Å²) in [6, 6.07) is 0. The lowest BCUT2D eigenvalue weighted by Crippen LogP contribution is -2.25. The topological polar surface area (TPSA) is 3.24 Å². The first kappa shape index (κ1) is 6.68. The summed E-state index contributed by atoms with van der Waals surface area (Å²) in [5, 5.41) is 0. The van der Waals surface area contributed by atoms with E-state index in [-0.39, 0.29) is 6.54 Å². The maximum Gasteiger partial charge on any atom is 0.251 e. The molecule has 1 nitrogen and oxygen atoms in total. The Hall–Kier alpha value is -0.440. The molecule has 0 aromatic rings. The molecule has 0 fully saturated rings. The van der Waals surface area contributed by atoms with E-state index in [0.717, 1.165) is 0 Å². The van der Waals surface area contributed by atoms with Crippen LogP contribution in [0.2, 0.25) is 0 Å². The number of halogens is 2. The Balaban J connectivity index is 2.14. The minimum Gasteiger partial charge on any atom is -0.290 e. The van der Waals surface area contributed by atoms with Crippen molar-refractivity contribution < 1.29 is 8.78 Å². The average molecular weight is 133 g/mol. The molecule has 0 N–H and O–H groups in total. The molecule has 0 amide bonds. The Morgan fingerprint density at radius 3 is 2.33 bits per heavy atom. The summed E-state index contributed by atoms with van der Waals surface area (Å²) in [6.45, 7) is 1.28. The fourth-order valence-electron chi connectivity index (χ4n) is 0.866. The van der Waals surface area contributed by atoms with Crippen LogP contribution in [0.5, 0.6) is 0 Å². The molecule has 0 saturated heterocycles. The quantitative estimate of drug-likeness (QED) is 0.510. The summed E-state index contributed by atoms with van der Waals surface area (Å²) < 4.78 is 23.2. The zero-order valence-corrected chi connectivity index (χ0v) is 5.06. The molecule has 1 heterocycles. The monoisotopic (exact) mass is 133 g/mol. The maximum absolute atomic E-state index is 11.6. The number of alkyl halides is 2. The van der Waals surface area contributed by atoms with Crippen molar-refractivity contribution in [2.75, 3.05) is 19.6 Å². The van der Waals surface area contributed by atoms with Crippen LogP contribution in [0.15, 0.2) is 12.2 Å². The Morgan fingerprint density at radius 1 is 1.33 bits per heavy atom. The van der Waals surface area contributed by atoms with Gasteiger partial charge in [-0.2, -0.15) is 0 Å². The van der Waals surface area contributed by atoms with Gasteiger partial charge < -0.3 is 0 Å². The van der Waals surface area contributed by atoms with Crippen LogP contribution in [-0.4, -0.2) is 31.0 Å². The van der Waals surface area contributed by atoms with Gasteiger partial charge in [0.1, 0.15) is 0 Å². The molecule has 0 spiro atoms. The van der Waals surface area contributed by atoms with Gasteiger partial charge >= 0.3 is 0 Å². The van der Waals surface area contributed by atoms with E-state index >= 15 is 0 Å². The first-order valence-corrected chi connectivity index (χ1v) is 2.94. The van der Waals surface area contributed by atoms with Gasteiger partial charge in [0.25, 0.3) is 6.43 Å². The number of rotatable bonds is 2. The highest BCUT2D eigenvalue weighted by Gasteiger charge is 2.11. The van der Waals surface area contributed by atoms with Gasteiger partial charge in [0.05, 0.1) is 6.54 Å².